The van der Waals surface area contributed by atoms with Crippen LogP contribution in [0.5, 0.6) is 0 Å². The summed E-state index contributed by atoms with van der Waals surface area (Å²) in [6, 6.07) is 15.2. The summed E-state index contributed by atoms with van der Waals surface area (Å²) in [5.74, 6) is -2.02. The van der Waals surface area contributed by atoms with Gasteiger partial charge in [-0.25, -0.2) is 17.2 Å². The van der Waals surface area contributed by atoms with Crippen LogP contribution in [0.2, 0.25) is 5.02 Å². The van der Waals surface area contributed by atoms with E-state index in [2.05, 4.69) is 0 Å². The van der Waals surface area contributed by atoms with Crippen LogP contribution in [0.1, 0.15) is 18.1 Å². The van der Waals surface area contributed by atoms with E-state index in [1.54, 1.807) is 24.3 Å². The lowest BCUT2D eigenvalue weighted by Crippen LogP contribution is -2.23. The average Bonchev–Trinajstić information content (AvgIpc) is 3.41. The molecule has 0 aliphatic rings. The number of benzene rings is 3. The maximum atomic E-state index is 14.6. The fourth-order valence-electron chi connectivity index (χ4n) is 4.42. The van der Waals surface area contributed by atoms with E-state index in [0.717, 1.165) is 23.5 Å². The monoisotopic (exact) mass is 623 g/mol. The molecule has 3 aromatic carbocycles. The molecule has 2 aromatic heterocycles. The smallest absolute Gasteiger partial charge is 0.302 e. The zero-order valence-electron chi connectivity index (χ0n) is 21.1. The van der Waals surface area contributed by atoms with Gasteiger partial charge in [-0.1, -0.05) is 36.7 Å². The van der Waals surface area contributed by atoms with Crippen molar-refractivity contribution in [2.45, 2.75) is 24.5 Å². The van der Waals surface area contributed by atoms with Crippen LogP contribution in [0, 0.1) is 11.6 Å². The number of sulfone groups is 1. The lowest BCUT2D eigenvalue weighted by atomic mass is 10.1. The number of hydrogen-bond donors (Lipinski definition) is 0. The van der Waals surface area contributed by atoms with Crippen LogP contribution in [-0.2, 0) is 22.6 Å². The van der Waals surface area contributed by atoms with E-state index in [0.29, 0.717) is 33.0 Å². The number of hydrogen-bond acceptors (Lipinski definition) is 4. The molecule has 0 aliphatic heterocycles. The zero-order valence-corrected chi connectivity index (χ0v) is 23.5. The van der Waals surface area contributed by atoms with E-state index in [1.165, 1.54) is 35.8 Å². The van der Waals surface area contributed by atoms with Crippen LogP contribution in [0.25, 0.3) is 31.8 Å². The summed E-state index contributed by atoms with van der Waals surface area (Å²) in [6.07, 6.45) is -4.79. The van der Waals surface area contributed by atoms with Crippen LogP contribution in [-0.4, -0.2) is 18.7 Å². The van der Waals surface area contributed by atoms with Gasteiger partial charge in [0.1, 0.15) is 11.6 Å². The number of pyridine rings is 1. The van der Waals surface area contributed by atoms with Crippen LogP contribution in [0.3, 0.4) is 0 Å². The van der Waals surface area contributed by atoms with Gasteiger partial charge in [-0.05, 0) is 59.5 Å². The third kappa shape index (κ3) is 5.66. The van der Waals surface area contributed by atoms with Crippen molar-refractivity contribution in [2.24, 2.45) is 0 Å². The number of nitrogens with zero attached hydrogens (tertiary/aromatic N) is 1. The lowest BCUT2D eigenvalue weighted by Gasteiger charge is -2.15. The quantitative estimate of drug-likeness (QED) is 0.179. The number of fused-ring (bicyclic) bond motifs is 1. The zero-order chi connectivity index (χ0) is 29.7. The Balaban J connectivity index is 1.71. The normalized spacial score (nSPS) is 12.3. The van der Waals surface area contributed by atoms with E-state index in [1.807, 2.05) is 0 Å². The second kappa shape index (κ2) is 10.7. The Morgan fingerprint density at radius 1 is 0.927 bits per heavy atom. The maximum Gasteiger partial charge on any atom is 0.416 e. The van der Waals surface area contributed by atoms with Crippen LogP contribution in [0.4, 0.5) is 22.0 Å². The molecule has 12 heteroatoms. The Morgan fingerprint density at radius 2 is 1.66 bits per heavy atom. The minimum absolute atomic E-state index is 0.0326. The van der Waals surface area contributed by atoms with Crippen molar-refractivity contribution in [3.05, 3.63) is 111 Å². The molecule has 0 saturated carbocycles. The van der Waals surface area contributed by atoms with E-state index < -0.39 is 43.7 Å². The highest BCUT2D eigenvalue weighted by Gasteiger charge is 2.33. The van der Waals surface area contributed by atoms with Crippen molar-refractivity contribution < 1.29 is 30.4 Å². The highest BCUT2D eigenvalue weighted by Crippen LogP contribution is 2.40. The van der Waals surface area contributed by atoms with Crippen LogP contribution >= 0.6 is 22.9 Å². The molecule has 0 unspecified atom stereocenters. The SMILES string of the molecule is CCS(=O)(=O)c1cc(-c2ccc(-c3cc4cccc(Cl)c4c(=O)n3Cc3ccc(F)cc3F)s2)cc(C(F)(F)F)c1. The van der Waals surface area contributed by atoms with E-state index >= 15 is 0 Å². The molecule has 4 nitrogen and oxygen atoms in total. The molecule has 0 aliphatic carbocycles. The molecule has 0 bridgehead atoms. The van der Waals surface area contributed by atoms with Gasteiger partial charge in [-0.2, -0.15) is 13.2 Å². The third-order valence-electron chi connectivity index (χ3n) is 6.55. The highest BCUT2D eigenvalue weighted by molar-refractivity contribution is 7.91. The number of halogens is 6. The molecule has 0 spiro atoms. The number of alkyl halides is 3. The number of thiophene rings is 1. The largest absolute Gasteiger partial charge is 0.416 e. The molecule has 0 fully saturated rings. The van der Waals surface area contributed by atoms with Gasteiger partial charge in [0.05, 0.1) is 43.7 Å². The molecule has 0 atom stereocenters. The van der Waals surface area contributed by atoms with Crippen molar-refractivity contribution >= 4 is 43.5 Å². The average molecular weight is 624 g/mol. The lowest BCUT2D eigenvalue weighted by molar-refractivity contribution is -0.137. The van der Waals surface area contributed by atoms with Gasteiger partial charge < -0.3 is 4.57 Å². The summed E-state index contributed by atoms with van der Waals surface area (Å²) in [5, 5.41) is 0.844. The predicted octanol–water partition coefficient (Wildman–Crippen LogP) is 8.19. The van der Waals surface area contributed by atoms with Gasteiger partial charge in [0, 0.05) is 16.5 Å². The molecule has 5 aromatic rings. The molecule has 0 saturated heterocycles. The highest BCUT2D eigenvalue weighted by atomic mass is 35.5. The van der Waals surface area contributed by atoms with E-state index in [-0.39, 0.29) is 33.8 Å². The fourth-order valence-corrected chi connectivity index (χ4v) is 6.65. The third-order valence-corrected chi connectivity index (χ3v) is 9.73. The van der Waals surface area contributed by atoms with Gasteiger partial charge in [-0.15, -0.1) is 11.3 Å². The summed E-state index contributed by atoms with van der Waals surface area (Å²) >= 11 is 7.34. The Bertz CT molecular complexity index is 1980. The first-order chi connectivity index (χ1) is 19.3. The Morgan fingerprint density at radius 3 is 2.34 bits per heavy atom. The second-order valence-corrected chi connectivity index (χ2v) is 12.9. The topological polar surface area (TPSA) is 56.1 Å². The van der Waals surface area contributed by atoms with Gasteiger partial charge in [0.15, 0.2) is 9.84 Å². The van der Waals surface area contributed by atoms with Crippen molar-refractivity contribution in [1.82, 2.24) is 4.57 Å². The Kier molecular flexibility index (Phi) is 7.56. The Labute approximate surface area is 240 Å². The van der Waals surface area contributed by atoms with Gasteiger partial charge in [0.25, 0.3) is 5.56 Å². The van der Waals surface area contributed by atoms with Crippen molar-refractivity contribution in [3.63, 3.8) is 0 Å². The van der Waals surface area contributed by atoms with Gasteiger partial charge in [-0.3, -0.25) is 4.79 Å². The van der Waals surface area contributed by atoms with Crippen LogP contribution in [0.15, 0.2) is 82.5 Å². The summed E-state index contributed by atoms with van der Waals surface area (Å²) in [5.41, 5.74) is -1.27. The summed E-state index contributed by atoms with van der Waals surface area (Å²) in [7, 11) is -3.95. The molecular formula is C29H19ClF5NO3S2. The molecular weight excluding hydrogens is 605 g/mol. The molecule has 212 valence electrons. The van der Waals surface area contributed by atoms with E-state index in [4.69, 9.17) is 11.6 Å². The van der Waals surface area contributed by atoms with Crippen molar-refractivity contribution in [2.75, 3.05) is 5.75 Å². The molecule has 0 radical (unpaired) electrons. The molecule has 0 amide bonds. The second-order valence-electron chi connectivity index (χ2n) is 9.17. The summed E-state index contributed by atoms with van der Waals surface area (Å²) in [4.78, 5) is 13.9. The fraction of sp³-hybridized carbons (Fsp3) is 0.138. The van der Waals surface area contributed by atoms with Crippen molar-refractivity contribution in [1.29, 1.82) is 0 Å². The first-order valence-electron chi connectivity index (χ1n) is 12.1. The molecule has 2 heterocycles. The van der Waals surface area contributed by atoms with Gasteiger partial charge >= 0.3 is 6.18 Å². The predicted molar refractivity (Wildman–Crippen MR) is 150 cm³/mol. The standard InChI is InChI=1S/C29H19ClF5NO3S2/c1-2-41(38,39)21-11-18(10-19(13-21)29(33,34)35)25-8-9-26(40-25)24-12-16-4-3-5-22(30)27(16)28(37)36(24)15-17-6-7-20(31)14-23(17)32/h3-14H,2,15H2,1H3. The minimum Gasteiger partial charge on any atom is -0.302 e. The molecule has 5 rings (SSSR count). The van der Waals surface area contributed by atoms with Crippen molar-refractivity contribution in [3.8, 4) is 21.0 Å². The summed E-state index contributed by atoms with van der Waals surface area (Å²) in [6.45, 7) is 1.06. The minimum atomic E-state index is -4.79. The van der Waals surface area contributed by atoms with Gasteiger partial charge in [0.2, 0.25) is 0 Å². The maximum absolute atomic E-state index is 14.6. The first kappa shape index (κ1) is 29.0. The molecule has 0 N–H and O–H groups in total. The van der Waals surface area contributed by atoms with E-state index in [9.17, 15) is 35.2 Å². The summed E-state index contributed by atoms with van der Waals surface area (Å²) < 4.78 is 95.4. The first-order valence-corrected chi connectivity index (χ1v) is 14.9. The number of aromatic nitrogens is 1. The Hall–Kier alpha value is -3.54. The number of rotatable bonds is 6. The van der Waals surface area contributed by atoms with Crippen LogP contribution < -0.4 is 5.56 Å². The molecule has 41 heavy (non-hydrogen) atoms.